The van der Waals surface area contributed by atoms with E-state index in [1.165, 1.54) is 37.7 Å². The lowest BCUT2D eigenvalue weighted by Crippen LogP contribution is -2.04. The molecule has 1 aromatic rings. The number of amides is 1. The molecule has 0 heterocycles. The zero-order valence-electron chi connectivity index (χ0n) is 9.28. The fourth-order valence-corrected chi connectivity index (χ4v) is 2.42. The predicted octanol–water partition coefficient (Wildman–Crippen LogP) is 3.01. The van der Waals surface area contributed by atoms with Crippen LogP contribution in [0.5, 0.6) is 5.75 Å². The topological polar surface area (TPSA) is 49.3 Å². The molecule has 1 saturated carbocycles. The van der Waals surface area contributed by atoms with Gasteiger partial charge < -0.3 is 10.4 Å². The second kappa shape index (κ2) is 5.01. The van der Waals surface area contributed by atoms with Crippen LogP contribution < -0.4 is 5.32 Å². The van der Waals surface area contributed by atoms with Crippen LogP contribution in [0.25, 0.3) is 0 Å². The average Bonchev–Trinajstić information content (AvgIpc) is 2.33. The van der Waals surface area contributed by atoms with Crippen LogP contribution in [0.3, 0.4) is 0 Å². The number of anilines is 1. The van der Waals surface area contributed by atoms with E-state index in [9.17, 15) is 9.90 Å². The number of benzene rings is 1. The summed E-state index contributed by atoms with van der Waals surface area (Å²) in [6, 6.07) is 5.55. The molecule has 1 aliphatic rings. The van der Waals surface area contributed by atoms with Crippen molar-refractivity contribution in [3.8, 4) is 5.75 Å². The van der Waals surface area contributed by atoms with Crippen molar-refractivity contribution < 1.29 is 9.90 Å². The molecule has 0 aromatic heterocycles. The first kappa shape index (κ1) is 11.0. The lowest BCUT2D eigenvalue weighted by molar-refractivity contribution is -0.105. The van der Waals surface area contributed by atoms with Crippen LogP contribution in [0.1, 0.15) is 43.6 Å². The highest BCUT2D eigenvalue weighted by molar-refractivity contribution is 5.75. The number of carbonyl (C=O) groups excluding carboxylic acids is 1. The molecule has 1 aromatic carbocycles. The lowest BCUT2D eigenvalue weighted by atomic mass is 9.84. The molecule has 0 atom stereocenters. The largest absolute Gasteiger partial charge is 0.506 e. The van der Waals surface area contributed by atoms with E-state index in [0.29, 0.717) is 18.0 Å². The van der Waals surface area contributed by atoms with Crippen molar-refractivity contribution >= 4 is 12.1 Å². The first-order valence-corrected chi connectivity index (χ1v) is 5.84. The van der Waals surface area contributed by atoms with Crippen LogP contribution in [0, 0.1) is 0 Å². The van der Waals surface area contributed by atoms with Gasteiger partial charge in [-0.15, -0.1) is 0 Å². The smallest absolute Gasteiger partial charge is 0.211 e. The monoisotopic (exact) mass is 219 g/mol. The van der Waals surface area contributed by atoms with E-state index in [1.54, 1.807) is 12.1 Å². The minimum Gasteiger partial charge on any atom is -0.506 e. The number of hydrogen-bond donors (Lipinski definition) is 2. The number of phenols is 1. The van der Waals surface area contributed by atoms with Crippen LogP contribution in [0.2, 0.25) is 0 Å². The van der Waals surface area contributed by atoms with Crippen LogP contribution in [-0.2, 0) is 4.79 Å². The summed E-state index contributed by atoms with van der Waals surface area (Å²) in [6.07, 6.45) is 6.88. The Kier molecular flexibility index (Phi) is 3.44. The SMILES string of the molecule is O=CNc1ccc(C2CCCCC2)cc1O. The van der Waals surface area contributed by atoms with Crippen LogP contribution in [0.4, 0.5) is 5.69 Å². The second-order valence-electron chi connectivity index (χ2n) is 4.37. The van der Waals surface area contributed by atoms with Crippen molar-refractivity contribution in [1.82, 2.24) is 0 Å². The van der Waals surface area contributed by atoms with Gasteiger partial charge in [-0.05, 0) is 36.5 Å². The third kappa shape index (κ3) is 2.35. The molecule has 1 fully saturated rings. The molecule has 1 amide bonds. The number of carbonyl (C=O) groups is 1. The van der Waals surface area contributed by atoms with Gasteiger partial charge in [-0.1, -0.05) is 25.3 Å². The van der Waals surface area contributed by atoms with Gasteiger partial charge >= 0.3 is 0 Å². The molecule has 2 rings (SSSR count). The molecule has 0 bridgehead atoms. The highest BCUT2D eigenvalue weighted by Crippen LogP contribution is 2.35. The van der Waals surface area contributed by atoms with E-state index >= 15 is 0 Å². The fourth-order valence-electron chi connectivity index (χ4n) is 2.42. The van der Waals surface area contributed by atoms with E-state index in [1.807, 2.05) is 6.07 Å². The minimum absolute atomic E-state index is 0.162. The summed E-state index contributed by atoms with van der Waals surface area (Å²) < 4.78 is 0. The molecule has 2 N–H and O–H groups in total. The predicted molar refractivity (Wildman–Crippen MR) is 63.6 cm³/mol. The molecular weight excluding hydrogens is 202 g/mol. The summed E-state index contributed by atoms with van der Waals surface area (Å²) >= 11 is 0. The quantitative estimate of drug-likeness (QED) is 0.606. The summed E-state index contributed by atoms with van der Waals surface area (Å²) in [6.45, 7) is 0. The Bertz CT molecular complexity index is 370. The molecule has 3 heteroatoms. The summed E-state index contributed by atoms with van der Waals surface area (Å²) in [4.78, 5) is 10.3. The molecule has 0 spiro atoms. The van der Waals surface area contributed by atoms with Crippen LogP contribution in [-0.4, -0.2) is 11.5 Å². The van der Waals surface area contributed by atoms with E-state index in [0.717, 1.165) is 0 Å². The number of phenolic OH excluding ortho intramolecular Hbond substituents is 1. The van der Waals surface area contributed by atoms with Crippen LogP contribution >= 0.6 is 0 Å². The highest BCUT2D eigenvalue weighted by atomic mass is 16.3. The lowest BCUT2D eigenvalue weighted by Gasteiger charge is -2.22. The van der Waals surface area contributed by atoms with Crippen molar-refractivity contribution in [1.29, 1.82) is 0 Å². The second-order valence-corrected chi connectivity index (χ2v) is 4.37. The number of nitrogens with one attached hydrogen (secondary N) is 1. The zero-order chi connectivity index (χ0) is 11.4. The highest BCUT2D eigenvalue weighted by Gasteiger charge is 2.16. The molecule has 86 valence electrons. The van der Waals surface area contributed by atoms with Gasteiger partial charge in [0.25, 0.3) is 0 Å². The molecule has 16 heavy (non-hydrogen) atoms. The normalized spacial score (nSPS) is 17.0. The van der Waals surface area contributed by atoms with Gasteiger partial charge in [-0.3, -0.25) is 4.79 Å². The maximum absolute atomic E-state index is 10.3. The summed E-state index contributed by atoms with van der Waals surface area (Å²) in [5.41, 5.74) is 1.67. The summed E-state index contributed by atoms with van der Waals surface area (Å²) in [5, 5.41) is 12.2. The van der Waals surface area contributed by atoms with E-state index in [4.69, 9.17) is 0 Å². The number of aromatic hydroxyl groups is 1. The van der Waals surface area contributed by atoms with Gasteiger partial charge in [-0.25, -0.2) is 0 Å². The van der Waals surface area contributed by atoms with Gasteiger partial charge in [0.2, 0.25) is 6.41 Å². The molecular formula is C13H17NO2. The van der Waals surface area contributed by atoms with Gasteiger partial charge in [0.05, 0.1) is 5.69 Å². The van der Waals surface area contributed by atoms with E-state index < -0.39 is 0 Å². The van der Waals surface area contributed by atoms with Gasteiger partial charge in [0.15, 0.2) is 0 Å². The van der Waals surface area contributed by atoms with Gasteiger partial charge in [0, 0.05) is 0 Å². The molecule has 0 saturated heterocycles. The Morgan fingerprint density at radius 2 is 2.00 bits per heavy atom. The fraction of sp³-hybridized carbons (Fsp3) is 0.462. The van der Waals surface area contributed by atoms with Crippen LogP contribution in [0.15, 0.2) is 18.2 Å². The molecule has 3 nitrogen and oxygen atoms in total. The maximum Gasteiger partial charge on any atom is 0.211 e. The molecule has 0 aliphatic heterocycles. The Labute approximate surface area is 95.5 Å². The number of hydrogen-bond acceptors (Lipinski definition) is 2. The van der Waals surface area contributed by atoms with E-state index in [-0.39, 0.29) is 5.75 Å². The van der Waals surface area contributed by atoms with Crippen molar-refractivity contribution in [2.45, 2.75) is 38.0 Å². The number of rotatable bonds is 3. The third-order valence-corrected chi connectivity index (χ3v) is 3.31. The van der Waals surface area contributed by atoms with Gasteiger partial charge in [-0.2, -0.15) is 0 Å². The Morgan fingerprint density at radius 3 is 2.62 bits per heavy atom. The van der Waals surface area contributed by atoms with Crippen molar-refractivity contribution in [2.75, 3.05) is 5.32 Å². The van der Waals surface area contributed by atoms with Crippen molar-refractivity contribution in [3.05, 3.63) is 23.8 Å². The average molecular weight is 219 g/mol. The Balaban J connectivity index is 2.16. The van der Waals surface area contributed by atoms with Crippen molar-refractivity contribution in [2.24, 2.45) is 0 Å². The Hall–Kier alpha value is -1.51. The molecule has 1 aliphatic carbocycles. The van der Waals surface area contributed by atoms with E-state index in [2.05, 4.69) is 5.32 Å². The minimum atomic E-state index is 0.162. The van der Waals surface area contributed by atoms with Gasteiger partial charge in [0.1, 0.15) is 5.75 Å². The molecule has 0 radical (unpaired) electrons. The summed E-state index contributed by atoms with van der Waals surface area (Å²) in [7, 11) is 0. The standard InChI is InChI=1S/C13H17NO2/c15-9-14-12-7-6-11(8-13(12)16)10-4-2-1-3-5-10/h6-10,16H,1-5H2,(H,14,15). The molecule has 0 unspecified atom stereocenters. The third-order valence-electron chi connectivity index (χ3n) is 3.31. The first-order valence-electron chi connectivity index (χ1n) is 5.84. The van der Waals surface area contributed by atoms with Crippen molar-refractivity contribution in [3.63, 3.8) is 0 Å². The Morgan fingerprint density at radius 1 is 1.25 bits per heavy atom. The summed E-state index contributed by atoms with van der Waals surface area (Å²) in [5.74, 6) is 0.736. The first-order chi connectivity index (χ1) is 7.81. The maximum atomic E-state index is 10.3. The zero-order valence-corrected chi connectivity index (χ0v) is 9.28.